The summed E-state index contributed by atoms with van der Waals surface area (Å²) in [4.78, 5) is 24.0. The number of likely N-dealkylation sites (tertiary alicyclic amines) is 1. The minimum absolute atomic E-state index is 0.0144. The molecule has 2 N–H and O–H groups in total. The van der Waals surface area contributed by atoms with Crippen LogP contribution in [-0.4, -0.2) is 47.0 Å². The third-order valence-electron chi connectivity index (χ3n) is 7.76. The first-order valence-electron chi connectivity index (χ1n) is 13.3. The molecule has 0 unspecified atom stereocenters. The van der Waals surface area contributed by atoms with Crippen molar-refractivity contribution in [2.75, 3.05) is 36.9 Å². The largest absolute Gasteiger partial charge is 0.491 e. The molecule has 2 heterocycles. The van der Waals surface area contributed by atoms with Gasteiger partial charge >= 0.3 is 0 Å². The van der Waals surface area contributed by atoms with E-state index in [1.807, 2.05) is 18.2 Å². The lowest BCUT2D eigenvalue weighted by atomic mass is 9.78. The van der Waals surface area contributed by atoms with Crippen molar-refractivity contribution < 1.29 is 13.9 Å². The Balaban J connectivity index is 1.19. The number of aromatic nitrogens is 2. The highest BCUT2D eigenvalue weighted by Gasteiger charge is 2.43. The van der Waals surface area contributed by atoms with Crippen LogP contribution in [0.25, 0.3) is 10.9 Å². The number of benzene rings is 2. The van der Waals surface area contributed by atoms with Gasteiger partial charge < -0.3 is 15.4 Å². The molecule has 9 heteroatoms. The smallest absolute Gasteiger partial charge is 0.248 e. The highest BCUT2D eigenvalue weighted by atomic mass is 35.5. The van der Waals surface area contributed by atoms with Crippen LogP contribution in [0.3, 0.4) is 0 Å². The standard InChI is InChI=1S/C29H31ClFN5O2/c30-22-12-20(7-8-23(22)31)34-28-21-13-25(26(38-15-19-5-6-19)14-24(21)32-18-33-28)35-27(37)4-3-11-36-16-29(17-36)9-1-2-10-29/h3-4,7-8,12-14,18-19H,1-2,5-6,9-11,15-17H2,(H,35,37)(H,32,33,34). The molecule has 1 aromatic heterocycles. The van der Waals surface area contributed by atoms with E-state index < -0.39 is 5.82 Å². The van der Waals surface area contributed by atoms with Gasteiger partial charge in [-0.05, 0) is 61.3 Å². The molecule has 0 atom stereocenters. The van der Waals surface area contributed by atoms with E-state index in [1.54, 1.807) is 12.1 Å². The van der Waals surface area contributed by atoms with Gasteiger partial charge in [0, 0.05) is 42.9 Å². The molecule has 198 valence electrons. The van der Waals surface area contributed by atoms with Crippen molar-refractivity contribution in [1.82, 2.24) is 14.9 Å². The highest BCUT2D eigenvalue weighted by Crippen LogP contribution is 2.45. The number of fused-ring (bicyclic) bond motifs is 1. The Morgan fingerprint density at radius 3 is 2.76 bits per heavy atom. The summed E-state index contributed by atoms with van der Waals surface area (Å²) in [5, 5.41) is 6.87. The number of carbonyl (C=O) groups excluding carboxylic acids is 1. The number of nitrogens with one attached hydrogen (secondary N) is 2. The second-order valence-electron chi connectivity index (χ2n) is 10.9. The minimum Gasteiger partial charge on any atom is -0.491 e. The number of anilines is 3. The van der Waals surface area contributed by atoms with Crippen molar-refractivity contribution >= 4 is 45.6 Å². The van der Waals surface area contributed by atoms with Crippen molar-refractivity contribution in [3.8, 4) is 5.75 Å². The van der Waals surface area contributed by atoms with Crippen LogP contribution in [0.2, 0.25) is 5.02 Å². The number of hydrogen-bond acceptors (Lipinski definition) is 6. The molecule has 0 radical (unpaired) electrons. The number of nitrogens with zero attached hydrogens (tertiary/aromatic N) is 3. The summed E-state index contributed by atoms with van der Waals surface area (Å²) in [6.45, 7) is 3.65. The van der Waals surface area contributed by atoms with Crippen LogP contribution in [0.4, 0.5) is 21.6 Å². The fraction of sp³-hybridized carbons (Fsp3) is 0.414. The van der Waals surface area contributed by atoms with Crippen molar-refractivity contribution in [3.63, 3.8) is 0 Å². The summed E-state index contributed by atoms with van der Waals surface area (Å²) in [5.41, 5.74) is 2.34. The van der Waals surface area contributed by atoms with Gasteiger partial charge in [-0.3, -0.25) is 9.69 Å². The van der Waals surface area contributed by atoms with Crippen LogP contribution >= 0.6 is 11.6 Å². The van der Waals surface area contributed by atoms with Gasteiger partial charge in [-0.15, -0.1) is 0 Å². The van der Waals surface area contributed by atoms with E-state index in [-0.39, 0.29) is 10.9 Å². The lowest BCUT2D eigenvalue weighted by Crippen LogP contribution is -2.54. The fourth-order valence-corrected chi connectivity index (χ4v) is 5.74. The second kappa shape index (κ2) is 10.5. The van der Waals surface area contributed by atoms with E-state index in [9.17, 15) is 9.18 Å². The molecular formula is C29H31ClFN5O2. The summed E-state index contributed by atoms with van der Waals surface area (Å²) in [5.74, 6) is 0.933. The summed E-state index contributed by atoms with van der Waals surface area (Å²) < 4.78 is 19.7. The Hall–Kier alpha value is -3.23. The second-order valence-corrected chi connectivity index (χ2v) is 11.3. The molecule has 1 aliphatic heterocycles. The van der Waals surface area contributed by atoms with Gasteiger partial charge in [0.15, 0.2) is 0 Å². The Morgan fingerprint density at radius 2 is 2.00 bits per heavy atom. The molecule has 2 saturated carbocycles. The third kappa shape index (κ3) is 5.61. The molecule has 6 rings (SSSR count). The first-order chi connectivity index (χ1) is 18.5. The molecule has 3 aliphatic rings. The maximum absolute atomic E-state index is 13.6. The van der Waals surface area contributed by atoms with Crippen molar-refractivity contribution in [3.05, 3.63) is 59.7 Å². The van der Waals surface area contributed by atoms with Crippen molar-refractivity contribution in [1.29, 1.82) is 0 Å². The number of rotatable bonds is 9. The van der Waals surface area contributed by atoms with E-state index >= 15 is 0 Å². The quantitative estimate of drug-likeness (QED) is 0.312. The van der Waals surface area contributed by atoms with Crippen LogP contribution in [0.5, 0.6) is 5.75 Å². The normalized spacial score (nSPS) is 18.7. The summed E-state index contributed by atoms with van der Waals surface area (Å²) in [6.07, 6.45) is 12.7. The van der Waals surface area contributed by atoms with Crippen LogP contribution in [0, 0.1) is 17.2 Å². The lowest BCUT2D eigenvalue weighted by molar-refractivity contribution is -0.111. The van der Waals surface area contributed by atoms with E-state index in [0.29, 0.717) is 51.8 Å². The molecule has 2 aromatic carbocycles. The molecule has 38 heavy (non-hydrogen) atoms. The van der Waals surface area contributed by atoms with Crippen LogP contribution in [0.15, 0.2) is 48.8 Å². The predicted octanol–water partition coefficient (Wildman–Crippen LogP) is 6.33. The minimum atomic E-state index is -0.493. The van der Waals surface area contributed by atoms with E-state index in [0.717, 1.165) is 32.5 Å². The van der Waals surface area contributed by atoms with E-state index in [2.05, 4.69) is 25.5 Å². The lowest BCUT2D eigenvalue weighted by Gasteiger charge is -2.48. The van der Waals surface area contributed by atoms with Crippen LogP contribution < -0.4 is 15.4 Å². The highest BCUT2D eigenvalue weighted by molar-refractivity contribution is 6.31. The van der Waals surface area contributed by atoms with Gasteiger partial charge in [-0.2, -0.15) is 0 Å². The van der Waals surface area contributed by atoms with Crippen LogP contribution in [0.1, 0.15) is 38.5 Å². The molecule has 1 spiro atoms. The number of ether oxygens (including phenoxy) is 1. The SMILES string of the molecule is O=C(C=CCN1CC2(CCCC2)C1)Nc1cc2c(Nc3ccc(F)c(Cl)c3)ncnc2cc1OCC1CC1. The number of amides is 1. The third-order valence-corrected chi connectivity index (χ3v) is 8.05. The molecule has 2 aliphatic carbocycles. The van der Waals surface area contributed by atoms with E-state index in [4.69, 9.17) is 16.3 Å². The van der Waals surface area contributed by atoms with Crippen molar-refractivity contribution in [2.45, 2.75) is 38.5 Å². The van der Waals surface area contributed by atoms with Gasteiger partial charge in [-0.1, -0.05) is 30.5 Å². The summed E-state index contributed by atoms with van der Waals surface area (Å²) >= 11 is 5.95. The maximum atomic E-state index is 13.6. The Kier molecular flexibility index (Phi) is 6.93. The molecule has 1 saturated heterocycles. The zero-order valence-corrected chi connectivity index (χ0v) is 21.9. The number of halogens is 2. The Labute approximate surface area is 226 Å². The molecule has 3 fully saturated rings. The monoisotopic (exact) mass is 535 g/mol. The predicted molar refractivity (Wildman–Crippen MR) is 148 cm³/mol. The Morgan fingerprint density at radius 1 is 1.18 bits per heavy atom. The topological polar surface area (TPSA) is 79.4 Å². The van der Waals surface area contributed by atoms with Gasteiger partial charge in [-0.25, -0.2) is 14.4 Å². The zero-order valence-electron chi connectivity index (χ0n) is 21.2. The van der Waals surface area contributed by atoms with Gasteiger partial charge in [0.05, 0.1) is 22.8 Å². The first-order valence-corrected chi connectivity index (χ1v) is 13.7. The average molecular weight is 536 g/mol. The molecule has 3 aromatic rings. The molecular weight excluding hydrogens is 505 g/mol. The van der Waals surface area contributed by atoms with Gasteiger partial charge in [0.1, 0.15) is 23.7 Å². The molecule has 7 nitrogen and oxygen atoms in total. The summed E-state index contributed by atoms with van der Waals surface area (Å²) in [7, 11) is 0. The Bertz CT molecular complexity index is 1380. The molecule has 0 bridgehead atoms. The summed E-state index contributed by atoms with van der Waals surface area (Å²) in [6, 6.07) is 8.02. The van der Waals surface area contributed by atoms with Gasteiger partial charge in [0.25, 0.3) is 0 Å². The van der Waals surface area contributed by atoms with Crippen LogP contribution in [-0.2, 0) is 4.79 Å². The number of hydrogen-bond donors (Lipinski definition) is 2. The van der Waals surface area contributed by atoms with Gasteiger partial charge in [0.2, 0.25) is 5.91 Å². The average Bonchev–Trinajstić information content (AvgIpc) is 3.58. The van der Waals surface area contributed by atoms with Crippen molar-refractivity contribution in [2.24, 2.45) is 11.3 Å². The number of carbonyl (C=O) groups is 1. The zero-order chi connectivity index (χ0) is 26.1. The first kappa shape index (κ1) is 25.1. The fourth-order valence-electron chi connectivity index (χ4n) is 5.56. The molecule has 1 amide bonds. The maximum Gasteiger partial charge on any atom is 0.248 e. The van der Waals surface area contributed by atoms with E-state index in [1.165, 1.54) is 44.1 Å².